The van der Waals surface area contributed by atoms with Gasteiger partial charge >= 0.3 is 0 Å². The smallest absolute Gasteiger partial charge is 0.251 e. The molecule has 0 aromatic heterocycles. The fraction of sp³-hybridized carbons (Fsp3) is 0.321. The number of piperazine rings is 1. The molecule has 1 fully saturated rings. The van der Waals surface area contributed by atoms with Gasteiger partial charge in [0.1, 0.15) is 5.75 Å². The van der Waals surface area contributed by atoms with Gasteiger partial charge in [0.15, 0.2) is 0 Å². The maximum atomic E-state index is 12.7. The molecule has 1 aliphatic rings. The molecule has 172 valence electrons. The summed E-state index contributed by atoms with van der Waals surface area (Å²) >= 11 is 0. The van der Waals surface area contributed by atoms with Gasteiger partial charge < -0.3 is 10.1 Å². The Hall–Kier alpha value is -3.15. The lowest BCUT2D eigenvalue weighted by molar-refractivity contribution is 0.0953. The summed E-state index contributed by atoms with van der Waals surface area (Å²) in [6.45, 7) is 6.69. The van der Waals surface area contributed by atoms with E-state index in [0.717, 1.165) is 62.6 Å². The highest BCUT2D eigenvalue weighted by Crippen LogP contribution is 2.17. The second-order valence-corrected chi connectivity index (χ2v) is 8.56. The minimum Gasteiger partial charge on any atom is -0.496 e. The number of methoxy groups -OCH3 is 1. The molecular formula is C28H33N3O2. The van der Waals surface area contributed by atoms with Crippen LogP contribution in [0.15, 0.2) is 78.9 Å². The van der Waals surface area contributed by atoms with Crippen LogP contribution < -0.4 is 10.1 Å². The summed E-state index contributed by atoms with van der Waals surface area (Å²) in [4.78, 5) is 17.7. The van der Waals surface area contributed by atoms with Crippen molar-refractivity contribution in [1.29, 1.82) is 0 Å². The number of nitrogens with one attached hydrogen (secondary N) is 1. The minimum atomic E-state index is -0.0283. The number of ether oxygens (including phenoxy) is 1. The number of para-hydroxylation sites is 1. The van der Waals surface area contributed by atoms with Crippen molar-refractivity contribution in [2.75, 3.05) is 39.8 Å². The Labute approximate surface area is 197 Å². The SMILES string of the molecule is COc1ccccc1CCNC(=O)c1cccc(CN2CCN(Cc3ccccc3)CC2)c1. The molecule has 0 aliphatic carbocycles. The van der Waals surface area contributed by atoms with Crippen LogP contribution in [0.4, 0.5) is 0 Å². The first-order valence-corrected chi connectivity index (χ1v) is 11.7. The second kappa shape index (κ2) is 11.6. The molecule has 33 heavy (non-hydrogen) atoms. The monoisotopic (exact) mass is 443 g/mol. The van der Waals surface area contributed by atoms with Crippen molar-refractivity contribution in [1.82, 2.24) is 15.1 Å². The number of hydrogen-bond donors (Lipinski definition) is 1. The van der Waals surface area contributed by atoms with E-state index in [0.29, 0.717) is 6.54 Å². The Morgan fingerprint density at radius 3 is 2.18 bits per heavy atom. The van der Waals surface area contributed by atoms with E-state index in [1.165, 1.54) is 11.1 Å². The first-order valence-electron chi connectivity index (χ1n) is 11.7. The van der Waals surface area contributed by atoms with E-state index in [2.05, 4.69) is 51.5 Å². The van der Waals surface area contributed by atoms with Gasteiger partial charge in [-0.3, -0.25) is 14.6 Å². The van der Waals surface area contributed by atoms with Crippen molar-refractivity contribution >= 4 is 5.91 Å². The summed E-state index contributed by atoms with van der Waals surface area (Å²) in [5.74, 6) is 0.831. The number of amides is 1. The van der Waals surface area contributed by atoms with Gasteiger partial charge in [-0.1, -0.05) is 60.7 Å². The quantitative estimate of drug-likeness (QED) is 0.543. The molecule has 1 amide bonds. The molecule has 3 aromatic carbocycles. The van der Waals surface area contributed by atoms with E-state index in [1.54, 1.807) is 7.11 Å². The Balaban J connectivity index is 1.24. The number of carbonyl (C=O) groups excluding carboxylic acids is 1. The van der Waals surface area contributed by atoms with Gasteiger partial charge in [0.2, 0.25) is 0 Å². The molecule has 0 radical (unpaired) electrons. The number of hydrogen-bond acceptors (Lipinski definition) is 4. The molecule has 1 saturated heterocycles. The summed E-state index contributed by atoms with van der Waals surface area (Å²) < 4.78 is 5.39. The van der Waals surface area contributed by atoms with Gasteiger partial charge in [0.25, 0.3) is 5.91 Å². The zero-order valence-corrected chi connectivity index (χ0v) is 19.4. The molecule has 0 spiro atoms. The van der Waals surface area contributed by atoms with E-state index in [-0.39, 0.29) is 5.91 Å². The number of nitrogens with zero attached hydrogens (tertiary/aromatic N) is 2. The van der Waals surface area contributed by atoms with E-state index < -0.39 is 0 Å². The maximum Gasteiger partial charge on any atom is 0.251 e. The Morgan fingerprint density at radius 2 is 1.45 bits per heavy atom. The fourth-order valence-electron chi connectivity index (χ4n) is 4.34. The first kappa shape index (κ1) is 23.0. The van der Waals surface area contributed by atoms with Gasteiger partial charge in [-0.15, -0.1) is 0 Å². The summed E-state index contributed by atoms with van der Waals surface area (Å²) in [5.41, 5.74) is 4.37. The largest absolute Gasteiger partial charge is 0.496 e. The van der Waals surface area contributed by atoms with Crippen LogP contribution in [0.1, 0.15) is 27.0 Å². The average Bonchev–Trinajstić information content (AvgIpc) is 2.86. The predicted molar refractivity (Wildman–Crippen MR) is 132 cm³/mol. The van der Waals surface area contributed by atoms with Crippen LogP contribution in [0.2, 0.25) is 0 Å². The van der Waals surface area contributed by atoms with Crippen LogP contribution >= 0.6 is 0 Å². The second-order valence-electron chi connectivity index (χ2n) is 8.56. The molecule has 1 N–H and O–H groups in total. The molecule has 0 unspecified atom stereocenters. The molecule has 0 bridgehead atoms. The van der Waals surface area contributed by atoms with Crippen LogP contribution in [0.3, 0.4) is 0 Å². The lowest BCUT2D eigenvalue weighted by atomic mass is 10.1. The summed E-state index contributed by atoms with van der Waals surface area (Å²) in [5, 5.41) is 3.04. The van der Waals surface area contributed by atoms with Gasteiger partial charge in [0.05, 0.1) is 7.11 Å². The van der Waals surface area contributed by atoms with Crippen molar-refractivity contribution < 1.29 is 9.53 Å². The van der Waals surface area contributed by atoms with Gasteiger partial charge in [0, 0.05) is 51.4 Å². The third-order valence-corrected chi connectivity index (χ3v) is 6.18. The van der Waals surface area contributed by atoms with Crippen LogP contribution in [-0.4, -0.2) is 55.5 Å². The third-order valence-electron chi connectivity index (χ3n) is 6.18. The fourth-order valence-corrected chi connectivity index (χ4v) is 4.34. The van der Waals surface area contributed by atoms with Crippen molar-refractivity contribution in [2.45, 2.75) is 19.5 Å². The lowest BCUT2D eigenvalue weighted by Crippen LogP contribution is -2.45. The number of carbonyl (C=O) groups is 1. The third kappa shape index (κ3) is 6.67. The zero-order chi connectivity index (χ0) is 22.9. The van der Waals surface area contributed by atoms with E-state index in [1.807, 2.05) is 42.5 Å². The molecule has 3 aromatic rings. The molecule has 1 aliphatic heterocycles. The van der Waals surface area contributed by atoms with Crippen molar-refractivity contribution in [3.05, 3.63) is 101 Å². The van der Waals surface area contributed by atoms with E-state index in [4.69, 9.17) is 4.74 Å². The highest BCUT2D eigenvalue weighted by Gasteiger charge is 2.17. The van der Waals surface area contributed by atoms with Crippen LogP contribution in [0.5, 0.6) is 5.75 Å². The molecule has 0 atom stereocenters. The molecule has 5 nitrogen and oxygen atoms in total. The minimum absolute atomic E-state index is 0.0283. The topological polar surface area (TPSA) is 44.8 Å². The number of rotatable bonds is 9. The average molecular weight is 444 g/mol. The Bertz CT molecular complexity index is 1030. The number of benzene rings is 3. The molecule has 0 saturated carbocycles. The zero-order valence-electron chi connectivity index (χ0n) is 19.4. The standard InChI is InChI=1S/C28H33N3O2/c1-33-27-13-6-5-11-25(27)14-15-29-28(32)26-12-7-10-24(20-26)22-31-18-16-30(17-19-31)21-23-8-3-2-4-9-23/h2-13,20H,14-19,21-22H2,1H3,(H,29,32). The van der Waals surface area contributed by atoms with E-state index >= 15 is 0 Å². The predicted octanol–water partition coefficient (Wildman–Crippen LogP) is 3.99. The van der Waals surface area contributed by atoms with Gasteiger partial charge in [-0.2, -0.15) is 0 Å². The highest BCUT2D eigenvalue weighted by molar-refractivity contribution is 5.94. The van der Waals surface area contributed by atoms with Crippen LogP contribution in [0, 0.1) is 0 Å². The van der Waals surface area contributed by atoms with E-state index in [9.17, 15) is 4.79 Å². The normalized spacial score (nSPS) is 14.7. The lowest BCUT2D eigenvalue weighted by Gasteiger charge is -2.34. The molecule has 1 heterocycles. The van der Waals surface area contributed by atoms with Gasteiger partial charge in [-0.05, 0) is 41.3 Å². The summed E-state index contributed by atoms with van der Waals surface area (Å²) in [7, 11) is 1.67. The van der Waals surface area contributed by atoms with Crippen molar-refractivity contribution in [2.24, 2.45) is 0 Å². The maximum absolute atomic E-state index is 12.7. The van der Waals surface area contributed by atoms with Crippen LogP contribution in [-0.2, 0) is 19.5 Å². The van der Waals surface area contributed by atoms with Crippen molar-refractivity contribution in [3.8, 4) is 5.75 Å². The Morgan fingerprint density at radius 1 is 0.818 bits per heavy atom. The van der Waals surface area contributed by atoms with Crippen molar-refractivity contribution in [3.63, 3.8) is 0 Å². The molecule has 5 heteroatoms. The summed E-state index contributed by atoms with van der Waals surface area (Å²) in [6.07, 6.45) is 0.739. The molecular weight excluding hydrogens is 410 g/mol. The Kier molecular flexibility index (Phi) is 8.12. The highest BCUT2D eigenvalue weighted by atomic mass is 16.5. The van der Waals surface area contributed by atoms with Crippen LogP contribution in [0.25, 0.3) is 0 Å². The first-order chi connectivity index (χ1) is 16.2. The molecule has 4 rings (SSSR count). The summed E-state index contributed by atoms with van der Waals surface area (Å²) in [6, 6.07) is 26.6. The van der Waals surface area contributed by atoms with Gasteiger partial charge in [-0.25, -0.2) is 0 Å².